The molecule has 0 saturated carbocycles. The normalized spacial score (nSPS) is 17.7. The number of rotatable bonds is 4. The molecule has 2 aromatic rings. The molecule has 1 saturated heterocycles. The van der Waals surface area contributed by atoms with Gasteiger partial charge in [0.2, 0.25) is 0 Å². The third kappa shape index (κ3) is 4.28. The molecule has 0 amide bonds. The lowest BCUT2D eigenvalue weighted by molar-refractivity contribution is -0.274. The first-order valence-electron chi connectivity index (χ1n) is 7.79. The van der Waals surface area contributed by atoms with Crippen molar-refractivity contribution in [3.8, 4) is 5.75 Å². The summed E-state index contributed by atoms with van der Waals surface area (Å²) in [4.78, 5) is 4.79. The molecule has 1 aromatic heterocycles. The summed E-state index contributed by atoms with van der Waals surface area (Å²) in [6.45, 7) is 5.69. The number of thiophene rings is 1. The van der Waals surface area contributed by atoms with Gasteiger partial charge in [0.25, 0.3) is 0 Å². The molecular weight excluding hydrogens is 337 g/mol. The van der Waals surface area contributed by atoms with Gasteiger partial charge < -0.3 is 10.1 Å². The van der Waals surface area contributed by atoms with Crippen LogP contribution in [0.2, 0.25) is 0 Å². The van der Waals surface area contributed by atoms with Gasteiger partial charge in [-0.2, -0.15) is 0 Å². The number of ether oxygens (including phenoxy) is 1. The van der Waals surface area contributed by atoms with Gasteiger partial charge in [0.1, 0.15) is 5.75 Å². The minimum absolute atomic E-state index is 0.0609. The van der Waals surface area contributed by atoms with Crippen LogP contribution in [0.25, 0.3) is 0 Å². The summed E-state index contributed by atoms with van der Waals surface area (Å²) in [5.74, 6) is -0.187. The van der Waals surface area contributed by atoms with Crippen molar-refractivity contribution < 1.29 is 17.9 Å². The molecule has 24 heavy (non-hydrogen) atoms. The van der Waals surface area contributed by atoms with Gasteiger partial charge in [0.15, 0.2) is 0 Å². The number of aryl methyl sites for hydroxylation is 1. The van der Waals surface area contributed by atoms with Gasteiger partial charge in [-0.3, -0.25) is 4.90 Å². The van der Waals surface area contributed by atoms with E-state index in [0.29, 0.717) is 0 Å². The molecule has 3 nitrogen and oxygen atoms in total. The quantitative estimate of drug-likeness (QED) is 0.898. The Morgan fingerprint density at radius 1 is 1.08 bits per heavy atom. The van der Waals surface area contributed by atoms with Gasteiger partial charge in [0, 0.05) is 35.9 Å². The van der Waals surface area contributed by atoms with Crippen molar-refractivity contribution in [1.29, 1.82) is 0 Å². The van der Waals surface area contributed by atoms with Crippen LogP contribution < -0.4 is 10.1 Å². The minimum atomic E-state index is -4.66. The fourth-order valence-electron chi connectivity index (χ4n) is 2.95. The standard InChI is InChI=1S/C17H19F3N2OS/c1-12-2-7-15(24-12)16(22-10-8-21-9-11-22)13-3-5-14(6-4-13)23-17(18,19)20/h2-7,16,21H,8-11H2,1H3/t16-/m0/s1. The van der Waals surface area contributed by atoms with Crippen molar-refractivity contribution in [3.63, 3.8) is 0 Å². The van der Waals surface area contributed by atoms with Crippen molar-refractivity contribution >= 4 is 11.3 Å². The number of halogens is 3. The van der Waals surface area contributed by atoms with Crippen LogP contribution in [0.3, 0.4) is 0 Å². The van der Waals surface area contributed by atoms with Crippen molar-refractivity contribution in [1.82, 2.24) is 10.2 Å². The summed E-state index contributed by atoms with van der Waals surface area (Å²) in [5.41, 5.74) is 0.980. The average molecular weight is 356 g/mol. The van der Waals surface area contributed by atoms with E-state index >= 15 is 0 Å². The molecule has 0 unspecified atom stereocenters. The number of hydrogen-bond acceptors (Lipinski definition) is 4. The maximum atomic E-state index is 12.3. The summed E-state index contributed by atoms with van der Waals surface area (Å²) < 4.78 is 40.9. The highest BCUT2D eigenvalue weighted by molar-refractivity contribution is 7.12. The molecule has 0 bridgehead atoms. The van der Waals surface area contributed by atoms with Crippen LogP contribution in [-0.4, -0.2) is 37.4 Å². The van der Waals surface area contributed by atoms with E-state index in [2.05, 4.69) is 34.0 Å². The summed E-state index contributed by atoms with van der Waals surface area (Å²) in [6.07, 6.45) is -4.66. The van der Waals surface area contributed by atoms with Crippen LogP contribution in [0.4, 0.5) is 13.2 Å². The van der Waals surface area contributed by atoms with Gasteiger partial charge in [-0.1, -0.05) is 12.1 Å². The van der Waals surface area contributed by atoms with Crippen LogP contribution >= 0.6 is 11.3 Å². The number of hydrogen-bond donors (Lipinski definition) is 1. The molecule has 0 spiro atoms. The second-order valence-corrected chi connectivity index (χ2v) is 7.07. The smallest absolute Gasteiger partial charge is 0.406 e. The third-order valence-corrected chi connectivity index (χ3v) is 5.03. The summed E-state index contributed by atoms with van der Waals surface area (Å²) >= 11 is 1.73. The average Bonchev–Trinajstić information content (AvgIpc) is 2.95. The Bertz CT molecular complexity index is 663. The number of piperazine rings is 1. The number of nitrogens with one attached hydrogen (secondary N) is 1. The Morgan fingerprint density at radius 2 is 1.75 bits per heavy atom. The lowest BCUT2D eigenvalue weighted by Crippen LogP contribution is -2.45. The van der Waals surface area contributed by atoms with Crippen LogP contribution in [0.15, 0.2) is 36.4 Å². The monoisotopic (exact) mass is 356 g/mol. The SMILES string of the molecule is Cc1ccc([C@H](c2ccc(OC(F)(F)F)cc2)N2CCNCC2)s1. The molecule has 1 N–H and O–H groups in total. The number of benzene rings is 1. The maximum Gasteiger partial charge on any atom is 0.573 e. The first-order valence-corrected chi connectivity index (χ1v) is 8.61. The number of nitrogens with zero attached hydrogens (tertiary/aromatic N) is 1. The molecular formula is C17H19F3N2OS. The zero-order chi connectivity index (χ0) is 17.2. The highest BCUT2D eigenvalue weighted by Crippen LogP contribution is 2.34. The predicted octanol–water partition coefficient (Wildman–Crippen LogP) is 3.95. The zero-order valence-corrected chi connectivity index (χ0v) is 14.1. The molecule has 2 heterocycles. The Kier molecular flexibility index (Phi) is 5.12. The molecule has 1 aromatic carbocycles. The molecule has 1 aliphatic heterocycles. The van der Waals surface area contributed by atoms with E-state index in [0.717, 1.165) is 31.7 Å². The van der Waals surface area contributed by atoms with E-state index < -0.39 is 6.36 Å². The van der Waals surface area contributed by atoms with Crippen molar-refractivity contribution in [2.24, 2.45) is 0 Å². The molecule has 0 aliphatic carbocycles. The van der Waals surface area contributed by atoms with E-state index in [-0.39, 0.29) is 11.8 Å². The lowest BCUT2D eigenvalue weighted by Gasteiger charge is -2.34. The largest absolute Gasteiger partial charge is 0.573 e. The third-order valence-electron chi connectivity index (χ3n) is 3.98. The maximum absolute atomic E-state index is 12.3. The van der Waals surface area contributed by atoms with Gasteiger partial charge in [-0.05, 0) is 36.8 Å². The first kappa shape index (κ1) is 17.3. The minimum Gasteiger partial charge on any atom is -0.406 e. The predicted molar refractivity (Wildman–Crippen MR) is 88.5 cm³/mol. The van der Waals surface area contributed by atoms with Crippen LogP contribution in [0, 0.1) is 6.92 Å². The molecule has 7 heteroatoms. The summed E-state index contributed by atoms with van der Waals surface area (Å²) in [7, 11) is 0. The topological polar surface area (TPSA) is 24.5 Å². The van der Waals surface area contributed by atoms with Crippen molar-refractivity contribution in [3.05, 3.63) is 51.7 Å². The lowest BCUT2D eigenvalue weighted by atomic mass is 10.0. The Morgan fingerprint density at radius 3 is 2.29 bits per heavy atom. The molecule has 1 fully saturated rings. The Hall–Kier alpha value is -1.57. The van der Waals surface area contributed by atoms with E-state index in [9.17, 15) is 13.2 Å². The van der Waals surface area contributed by atoms with E-state index in [1.807, 2.05) is 0 Å². The number of alkyl halides is 3. The molecule has 130 valence electrons. The molecule has 0 radical (unpaired) electrons. The first-order chi connectivity index (χ1) is 11.4. The van der Waals surface area contributed by atoms with Gasteiger partial charge >= 0.3 is 6.36 Å². The molecule has 3 rings (SSSR count). The molecule has 1 aliphatic rings. The second-order valence-electron chi connectivity index (χ2n) is 5.75. The summed E-state index contributed by atoms with van der Waals surface area (Å²) in [6, 6.07) is 10.5. The van der Waals surface area contributed by atoms with Gasteiger partial charge in [-0.25, -0.2) is 0 Å². The fraction of sp³-hybridized carbons (Fsp3) is 0.412. The highest BCUT2D eigenvalue weighted by atomic mass is 32.1. The van der Waals surface area contributed by atoms with Gasteiger partial charge in [-0.15, -0.1) is 24.5 Å². The van der Waals surface area contributed by atoms with E-state index in [4.69, 9.17) is 0 Å². The zero-order valence-electron chi connectivity index (χ0n) is 13.3. The Balaban J connectivity index is 1.87. The highest BCUT2D eigenvalue weighted by Gasteiger charge is 2.31. The van der Waals surface area contributed by atoms with Crippen LogP contribution in [0.1, 0.15) is 21.4 Å². The second kappa shape index (κ2) is 7.13. The van der Waals surface area contributed by atoms with E-state index in [1.54, 1.807) is 23.5 Å². The molecule has 1 atom stereocenters. The van der Waals surface area contributed by atoms with Crippen LogP contribution in [-0.2, 0) is 0 Å². The Labute approximate surface area is 143 Å². The van der Waals surface area contributed by atoms with Crippen molar-refractivity contribution in [2.45, 2.75) is 19.3 Å². The van der Waals surface area contributed by atoms with Crippen LogP contribution in [0.5, 0.6) is 5.75 Å². The fourth-order valence-corrected chi connectivity index (χ4v) is 3.99. The summed E-state index contributed by atoms with van der Waals surface area (Å²) in [5, 5.41) is 3.33. The van der Waals surface area contributed by atoms with Gasteiger partial charge in [0.05, 0.1) is 6.04 Å². The van der Waals surface area contributed by atoms with E-state index in [1.165, 1.54) is 21.9 Å². The van der Waals surface area contributed by atoms with Crippen molar-refractivity contribution in [2.75, 3.05) is 26.2 Å².